The van der Waals surface area contributed by atoms with Crippen molar-refractivity contribution in [1.29, 1.82) is 0 Å². The zero-order valence-electron chi connectivity index (χ0n) is 16.0. The third kappa shape index (κ3) is 8.07. The zero-order chi connectivity index (χ0) is 18.7. The Morgan fingerprint density at radius 2 is 2.04 bits per heavy atom. The maximum absolute atomic E-state index is 11.1. The molecule has 1 heterocycles. The van der Waals surface area contributed by atoms with Crippen molar-refractivity contribution in [1.82, 2.24) is 15.5 Å². The number of guanidine groups is 1. The molecule has 0 saturated carbocycles. The highest BCUT2D eigenvalue weighted by molar-refractivity contribution is 5.89. The van der Waals surface area contributed by atoms with Crippen molar-refractivity contribution in [3.63, 3.8) is 0 Å². The van der Waals surface area contributed by atoms with E-state index >= 15 is 0 Å². The van der Waals surface area contributed by atoms with E-state index in [0.29, 0.717) is 18.3 Å². The fraction of sp³-hybridized carbons (Fsp3) is 0.667. The Bertz CT molecular complexity index is 537. The van der Waals surface area contributed by atoms with Crippen molar-refractivity contribution in [2.75, 3.05) is 26.2 Å². The van der Waals surface area contributed by atoms with Gasteiger partial charge in [-0.2, -0.15) is 0 Å². The molecule has 7 heteroatoms. The Morgan fingerprint density at radius 3 is 2.60 bits per heavy atom. The normalized spacial score (nSPS) is 13.1. The maximum atomic E-state index is 11.1. The van der Waals surface area contributed by atoms with Gasteiger partial charge in [-0.25, -0.2) is 4.99 Å². The van der Waals surface area contributed by atoms with Crippen LogP contribution in [0.2, 0.25) is 0 Å². The van der Waals surface area contributed by atoms with Gasteiger partial charge in [0.05, 0.1) is 0 Å². The number of amides is 1. The first kappa shape index (κ1) is 21.0. The Balaban J connectivity index is 2.49. The number of carbonyl (C=O) groups is 1. The number of furan rings is 1. The van der Waals surface area contributed by atoms with Crippen LogP contribution >= 0.6 is 0 Å². The number of hydrogen-bond acceptors (Lipinski definition) is 4. The van der Waals surface area contributed by atoms with Crippen LogP contribution < -0.4 is 16.4 Å². The standard InChI is InChI=1S/C18H33N5O2/c1-5-20-18(21-13-15-10-11-16(25-15)17(19)24)22-14(4)9-8-12-23(6-2)7-3/h10-11,14H,5-9,12-13H2,1-4H3,(H2,19,24)(H2,20,21,22). The van der Waals surface area contributed by atoms with Crippen LogP contribution in [0.25, 0.3) is 0 Å². The summed E-state index contributed by atoms with van der Waals surface area (Å²) in [6.45, 7) is 13.0. The van der Waals surface area contributed by atoms with E-state index in [1.54, 1.807) is 12.1 Å². The van der Waals surface area contributed by atoms with E-state index in [0.717, 1.165) is 45.0 Å². The summed E-state index contributed by atoms with van der Waals surface area (Å²) in [5.74, 6) is 0.949. The molecule has 0 aliphatic heterocycles. The molecule has 0 bridgehead atoms. The second-order valence-corrected chi connectivity index (χ2v) is 6.04. The van der Waals surface area contributed by atoms with E-state index in [1.807, 2.05) is 6.92 Å². The van der Waals surface area contributed by atoms with Crippen LogP contribution in [-0.2, 0) is 6.54 Å². The van der Waals surface area contributed by atoms with Crippen molar-refractivity contribution in [2.24, 2.45) is 10.7 Å². The molecule has 0 radical (unpaired) electrons. The molecular formula is C18H33N5O2. The lowest BCUT2D eigenvalue weighted by atomic mass is 10.2. The minimum absolute atomic E-state index is 0.160. The fourth-order valence-corrected chi connectivity index (χ4v) is 2.54. The lowest BCUT2D eigenvalue weighted by molar-refractivity contribution is 0.0972. The van der Waals surface area contributed by atoms with Crippen LogP contribution in [0.15, 0.2) is 21.5 Å². The smallest absolute Gasteiger partial charge is 0.284 e. The first-order valence-electron chi connectivity index (χ1n) is 9.15. The summed E-state index contributed by atoms with van der Waals surface area (Å²) in [4.78, 5) is 18.0. The molecule has 0 aliphatic rings. The summed E-state index contributed by atoms with van der Waals surface area (Å²) in [5, 5.41) is 6.64. The van der Waals surface area contributed by atoms with Crippen LogP contribution in [-0.4, -0.2) is 49.0 Å². The number of primary amides is 1. The minimum Gasteiger partial charge on any atom is -0.454 e. The Labute approximate surface area is 151 Å². The molecule has 4 N–H and O–H groups in total. The highest BCUT2D eigenvalue weighted by Crippen LogP contribution is 2.08. The van der Waals surface area contributed by atoms with E-state index in [4.69, 9.17) is 10.2 Å². The van der Waals surface area contributed by atoms with Gasteiger partial charge in [0.2, 0.25) is 0 Å². The Morgan fingerprint density at radius 1 is 1.32 bits per heavy atom. The Hall–Kier alpha value is -2.02. The van der Waals surface area contributed by atoms with E-state index < -0.39 is 5.91 Å². The quantitative estimate of drug-likeness (QED) is 0.418. The third-order valence-corrected chi connectivity index (χ3v) is 4.03. The second-order valence-electron chi connectivity index (χ2n) is 6.04. The molecular weight excluding hydrogens is 318 g/mol. The SMILES string of the molecule is CCNC(=NCc1ccc(C(N)=O)o1)NC(C)CCCN(CC)CC. The van der Waals surface area contributed by atoms with Crippen molar-refractivity contribution in [2.45, 2.75) is 53.1 Å². The number of carbonyl (C=O) groups excluding carboxylic acids is 1. The lowest BCUT2D eigenvalue weighted by Gasteiger charge is -2.21. The largest absolute Gasteiger partial charge is 0.454 e. The number of nitrogens with one attached hydrogen (secondary N) is 2. The third-order valence-electron chi connectivity index (χ3n) is 4.03. The van der Waals surface area contributed by atoms with Crippen LogP contribution in [0.3, 0.4) is 0 Å². The lowest BCUT2D eigenvalue weighted by Crippen LogP contribution is -2.42. The van der Waals surface area contributed by atoms with Crippen LogP contribution in [0, 0.1) is 0 Å². The van der Waals surface area contributed by atoms with Crippen molar-refractivity contribution in [3.8, 4) is 0 Å². The first-order chi connectivity index (χ1) is 12.0. The number of aliphatic imine (C=N–C) groups is 1. The molecule has 1 atom stereocenters. The monoisotopic (exact) mass is 351 g/mol. The molecule has 1 unspecified atom stereocenters. The molecule has 0 aromatic carbocycles. The molecule has 1 aromatic rings. The molecule has 25 heavy (non-hydrogen) atoms. The minimum atomic E-state index is -0.568. The van der Waals surface area contributed by atoms with Gasteiger partial charge in [-0.3, -0.25) is 4.79 Å². The topological polar surface area (TPSA) is 95.9 Å². The second kappa shape index (κ2) is 11.5. The molecule has 0 saturated heterocycles. The summed E-state index contributed by atoms with van der Waals surface area (Å²) < 4.78 is 5.35. The molecule has 0 fully saturated rings. The predicted octanol–water partition coefficient (Wildman–Crippen LogP) is 1.94. The number of hydrogen-bond donors (Lipinski definition) is 3. The highest BCUT2D eigenvalue weighted by atomic mass is 16.3. The number of nitrogens with zero attached hydrogens (tertiary/aromatic N) is 2. The van der Waals surface area contributed by atoms with Gasteiger partial charge in [0, 0.05) is 12.6 Å². The average Bonchev–Trinajstić information content (AvgIpc) is 3.06. The summed E-state index contributed by atoms with van der Waals surface area (Å²) in [6.07, 6.45) is 2.23. The highest BCUT2D eigenvalue weighted by Gasteiger charge is 2.09. The number of nitrogens with two attached hydrogens (primary N) is 1. The van der Waals surface area contributed by atoms with Crippen LogP contribution in [0.5, 0.6) is 0 Å². The van der Waals surface area contributed by atoms with Gasteiger partial charge >= 0.3 is 0 Å². The van der Waals surface area contributed by atoms with Gasteiger partial charge in [-0.05, 0) is 58.5 Å². The number of rotatable bonds is 11. The van der Waals surface area contributed by atoms with E-state index in [-0.39, 0.29) is 5.76 Å². The van der Waals surface area contributed by atoms with Gasteiger partial charge in [0.25, 0.3) is 5.91 Å². The summed E-state index contributed by atoms with van der Waals surface area (Å²) >= 11 is 0. The average molecular weight is 351 g/mol. The zero-order valence-corrected chi connectivity index (χ0v) is 16.0. The van der Waals surface area contributed by atoms with Gasteiger partial charge in [-0.1, -0.05) is 13.8 Å². The molecule has 1 amide bonds. The molecule has 0 aliphatic carbocycles. The molecule has 1 rings (SSSR count). The molecule has 142 valence electrons. The predicted molar refractivity (Wildman–Crippen MR) is 102 cm³/mol. The van der Waals surface area contributed by atoms with Gasteiger partial charge < -0.3 is 25.7 Å². The van der Waals surface area contributed by atoms with E-state index in [2.05, 4.69) is 41.3 Å². The van der Waals surface area contributed by atoms with E-state index in [9.17, 15) is 4.79 Å². The summed E-state index contributed by atoms with van der Waals surface area (Å²) in [6, 6.07) is 3.62. The maximum Gasteiger partial charge on any atom is 0.284 e. The van der Waals surface area contributed by atoms with Gasteiger partial charge in [-0.15, -0.1) is 0 Å². The van der Waals surface area contributed by atoms with Gasteiger partial charge in [0.1, 0.15) is 12.3 Å². The Kier molecular flexibility index (Phi) is 9.69. The van der Waals surface area contributed by atoms with Crippen molar-refractivity contribution >= 4 is 11.9 Å². The van der Waals surface area contributed by atoms with E-state index in [1.165, 1.54) is 0 Å². The molecule has 0 spiro atoms. The molecule has 7 nitrogen and oxygen atoms in total. The fourth-order valence-electron chi connectivity index (χ4n) is 2.54. The van der Waals surface area contributed by atoms with Crippen LogP contribution in [0.4, 0.5) is 0 Å². The van der Waals surface area contributed by atoms with Gasteiger partial charge in [0.15, 0.2) is 11.7 Å². The van der Waals surface area contributed by atoms with Crippen molar-refractivity contribution in [3.05, 3.63) is 23.7 Å². The summed E-state index contributed by atoms with van der Waals surface area (Å²) in [7, 11) is 0. The first-order valence-corrected chi connectivity index (χ1v) is 9.15. The summed E-state index contributed by atoms with van der Waals surface area (Å²) in [5.41, 5.74) is 5.19. The van der Waals surface area contributed by atoms with Crippen LogP contribution in [0.1, 0.15) is 56.9 Å². The molecule has 1 aromatic heterocycles. The van der Waals surface area contributed by atoms with Crippen molar-refractivity contribution < 1.29 is 9.21 Å².